The number of nitrogens with two attached hydrogens (primary N) is 2. The number of primary amides is 2. The summed E-state index contributed by atoms with van der Waals surface area (Å²) < 4.78 is 30.7. The molecule has 0 aromatic heterocycles. The third-order valence-corrected chi connectivity index (χ3v) is 20.2. The molecule has 0 spiro atoms. The lowest BCUT2D eigenvalue weighted by Gasteiger charge is -2.27. The van der Waals surface area contributed by atoms with Crippen molar-refractivity contribution in [2.24, 2.45) is 11.5 Å². The molecule has 0 atom stereocenters. The second-order valence-electron chi connectivity index (χ2n) is 28.4. The highest BCUT2D eigenvalue weighted by Gasteiger charge is 2.36. The highest BCUT2D eigenvalue weighted by Crippen LogP contribution is 2.58. The van der Waals surface area contributed by atoms with Crippen molar-refractivity contribution < 1.29 is 38.1 Å². The van der Waals surface area contributed by atoms with Gasteiger partial charge in [0.2, 0.25) is 11.8 Å². The Hall–Kier alpha value is -13.3. The second-order valence-corrected chi connectivity index (χ2v) is 28.4. The predicted molar refractivity (Wildman–Crippen MR) is 438 cm³/mol. The fourth-order valence-corrected chi connectivity index (χ4v) is 15.1. The molecule has 4 amide bonds. The van der Waals surface area contributed by atoms with E-state index in [1.807, 2.05) is 255 Å². The Bertz CT molecular complexity index is 5580. The van der Waals surface area contributed by atoms with Crippen LogP contribution in [-0.4, -0.2) is 23.6 Å². The van der Waals surface area contributed by atoms with Gasteiger partial charge in [0, 0.05) is 76.7 Å². The van der Waals surface area contributed by atoms with Gasteiger partial charge in [0.1, 0.15) is 46.0 Å². The fourth-order valence-electron chi connectivity index (χ4n) is 15.1. The van der Waals surface area contributed by atoms with Crippen LogP contribution in [0.25, 0.3) is 87.6 Å². The predicted octanol–water partition coefficient (Wildman–Crippen LogP) is 24.8. The van der Waals surface area contributed by atoms with E-state index in [0.717, 1.165) is 44.5 Å². The summed E-state index contributed by atoms with van der Waals surface area (Å²) in [5.74, 6) is -1.36. The van der Waals surface area contributed by atoms with Crippen LogP contribution in [0.15, 0.2) is 279 Å². The molecule has 532 valence electrons. The molecule has 6 N–H and O–H groups in total. The van der Waals surface area contributed by atoms with E-state index in [1.54, 1.807) is 24.3 Å². The van der Waals surface area contributed by atoms with Crippen molar-refractivity contribution in [2.75, 3.05) is 10.6 Å². The maximum absolute atomic E-state index is 17.2. The number of hydrogen-bond acceptors (Lipinski definition) is 8. The van der Waals surface area contributed by atoms with Gasteiger partial charge in [-0.15, -0.1) is 0 Å². The van der Waals surface area contributed by atoms with Crippen LogP contribution in [0.5, 0.6) is 46.0 Å². The van der Waals surface area contributed by atoms with Crippen molar-refractivity contribution in [2.45, 2.75) is 79.1 Å². The van der Waals surface area contributed by atoms with E-state index in [1.165, 1.54) is 0 Å². The fraction of sp³-hybridized carbons (Fsp3) is 0.125. The van der Waals surface area contributed by atoms with Crippen LogP contribution in [-0.2, 0) is 0 Å². The summed E-state index contributed by atoms with van der Waals surface area (Å²) in [6.45, 7) is 16.7. The monoisotopic (exact) mass is 1420 g/mol. The average molecular weight is 1420 g/mol. The molecule has 12 heteroatoms. The Morgan fingerprint density at radius 1 is 0.250 bits per heavy atom. The molecular formula is C96H80N4O8. The van der Waals surface area contributed by atoms with Crippen LogP contribution in [0, 0.1) is 0 Å². The molecule has 0 bridgehead atoms. The SMILES string of the molecule is CC(C)c1cccc(C(C)C)c1NC(=O)c1cc(Oc2ccccc2-c2ccccc2)c2c3c(Oc4ccccc4-c4ccccc4)cc(C(N)=O)c4c(C(N)=O)cc(Oc5ccccc5-c5ccccc5)c(c5c(Oc6ccccc6-c6ccccc6)cc(C(=O)Nc6c(C(C)C)cccc6C(C)C)c1c25)c43. The van der Waals surface area contributed by atoms with Crippen LogP contribution in [0.4, 0.5) is 11.4 Å². The van der Waals surface area contributed by atoms with E-state index in [4.69, 9.17) is 30.4 Å². The summed E-state index contributed by atoms with van der Waals surface area (Å²) in [6.07, 6.45) is 0. The number of carbonyl (C=O) groups is 4. The van der Waals surface area contributed by atoms with Gasteiger partial charge in [-0.2, -0.15) is 0 Å². The molecule has 0 fully saturated rings. The molecular weight excluding hydrogens is 1340 g/mol. The van der Waals surface area contributed by atoms with Gasteiger partial charge in [-0.25, -0.2) is 0 Å². The highest BCUT2D eigenvalue weighted by atomic mass is 16.5. The van der Waals surface area contributed by atoms with Gasteiger partial charge in [-0.05, 0) is 117 Å². The number of para-hydroxylation sites is 6. The highest BCUT2D eigenvalue weighted by molar-refractivity contribution is 6.43. The number of fused-ring (bicyclic) bond motifs is 2. The lowest BCUT2D eigenvalue weighted by Crippen LogP contribution is -2.20. The molecule has 15 rings (SSSR count). The first-order valence-electron chi connectivity index (χ1n) is 36.5. The van der Waals surface area contributed by atoms with Crippen molar-refractivity contribution in [3.05, 3.63) is 324 Å². The Morgan fingerprint density at radius 2 is 0.472 bits per heavy atom. The summed E-state index contributed by atoms with van der Waals surface area (Å²) in [7, 11) is 0. The second kappa shape index (κ2) is 29.7. The first-order chi connectivity index (χ1) is 52.4. The van der Waals surface area contributed by atoms with E-state index in [9.17, 15) is 0 Å². The number of amides is 4. The number of benzene rings is 15. The Balaban J connectivity index is 1.22. The molecule has 0 unspecified atom stereocenters. The van der Waals surface area contributed by atoms with Crippen LogP contribution in [0.1, 0.15) is 143 Å². The van der Waals surface area contributed by atoms with E-state index in [2.05, 4.69) is 66.0 Å². The molecule has 0 aliphatic rings. The molecule has 0 aliphatic heterocycles. The topological polar surface area (TPSA) is 181 Å². The number of carbonyl (C=O) groups excluding carboxylic acids is 4. The molecule has 12 nitrogen and oxygen atoms in total. The number of ether oxygens (including phenoxy) is 4. The van der Waals surface area contributed by atoms with E-state index < -0.39 is 23.6 Å². The molecule has 15 aromatic rings. The summed E-state index contributed by atoms with van der Waals surface area (Å²) in [6, 6.07) is 88.2. The minimum absolute atomic E-state index is 0.0362. The molecule has 0 saturated carbocycles. The summed E-state index contributed by atoms with van der Waals surface area (Å²) in [4.78, 5) is 64.4. The number of rotatable bonds is 22. The number of anilines is 2. The molecule has 108 heavy (non-hydrogen) atoms. The summed E-state index contributed by atoms with van der Waals surface area (Å²) in [5, 5.41) is 8.75. The van der Waals surface area contributed by atoms with Crippen molar-refractivity contribution in [1.29, 1.82) is 0 Å². The van der Waals surface area contributed by atoms with Crippen molar-refractivity contribution in [3.8, 4) is 90.5 Å². The van der Waals surface area contributed by atoms with Gasteiger partial charge in [0.05, 0.1) is 22.3 Å². The van der Waals surface area contributed by atoms with Gasteiger partial charge in [0.25, 0.3) is 11.8 Å². The van der Waals surface area contributed by atoms with E-state index in [0.29, 0.717) is 56.6 Å². The quantitative estimate of drug-likeness (QED) is 0.0382. The lowest BCUT2D eigenvalue weighted by molar-refractivity contribution is 0.0996. The zero-order chi connectivity index (χ0) is 75.0. The minimum atomic E-state index is -0.916. The van der Waals surface area contributed by atoms with Crippen LogP contribution < -0.4 is 41.0 Å². The van der Waals surface area contributed by atoms with Crippen molar-refractivity contribution in [3.63, 3.8) is 0 Å². The zero-order valence-electron chi connectivity index (χ0n) is 61.3. The number of hydrogen-bond donors (Lipinski definition) is 4. The van der Waals surface area contributed by atoms with Gasteiger partial charge < -0.3 is 41.0 Å². The zero-order valence-corrected chi connectivity index (χ0v) is 61.3. The van der Waals surface area contributed by atoms with Gasteiger partial charge in [-0.1, -0.05) is 286 Å². The normalized spacial score (nSPS) is 11.5. The minimum Gasteiger partial charge on any atom is -0.456 e. The first kappa shape index (κ1) is 70.3. The van der Waals surface area contributed by atoms with Crippen LogP contribution in [0.3, 0.4) is 0 Å². The standard InChI is InChI=1S/C96H80N4O8/c1-55(2)63-43-29-44-64(56(3)4)91(63)99-95(103)73-53-81(107-77-49-27-23-41-69(77)61-35-17-11-18-36-61)87-85-79(105-75-47-25-21-39-67(75)59-31-13-9-14-32-59)51-71(93(97)101)83-72(94(98)102)52-80(106-76-48-26-22-40-68(76)60-33-15-10-16-34-60)86(89(83)85)88-82(108-78-50-28-24-42-70(78)62-37-19-12-20-38-62)54-74(84(73)90(87)88)96(104)100-92-65(57(5)6)45-30-46-66(92)58(7)8/h9-58H,1-8H3,(H2,97,101)(H2,98,102)(H,99,103)(H,100,104). The van der Waals surface area contributed by atoms with Gasteiger partial charge >= 0.3 is 0 Å². The molecule has 0 aliphatic carbocycles. The number of nitrogens with one attached hydrogen (secondary N) is 2. The van der Waals surface area contributed by atoms with E-state index >= 15 is 19.2 Å². The van der Waals surface area contributed by atoms with Crippen molar-refractivity contribution in [1.82, 2.24) is 0 Å². The molecule has 15 aromatic carbocycles. The smallest absolute Gasteiger partial charge is 0.256 e. The summed E-state index contributed by atoms with van der Waals surface area (Å²) >= 11 is 0. The lowest BCUT2D eigenvalue weighted by atomic mass is 9.82. The maximum atomic E-state index is 17.2. The van der Waals surface area contributed by atoms with Crippen LogP contribution >= 0.6 is 0 Å². The van der Waals surface area contributed by atoms with E-state index in [-0.39, 0.29) is 112 Å². The van der Waals surface area contributed by atoms with Gasteiger partial charge in [0.15, 0.2) is 0 Å². The molecule has 0 saturated heterocycles. The summed E-state index contributed by atoms with van der Waals surface area (Å²) in [5.41, 5.74) is 24.2. The average Bonchev–Trinajstić information content (AvgIpc) is 0.678. The molecule has 0 radical (unpaired) electrons. The first-order valence-corrected chi connectivity index (χ1v) is 36.5. The van der Waals surface area contributed by atoms with Crippen molar-refractivity contribution >= 4 is 78.1 Å². The maximum Gasteiger partial charge on any atom is 0.256 e. The third kappa shape index (κ3) is 13.2. The Kier molecular flexibility index (Phi) is 19.3. The van der Waals surface area contributed by atoms with Gasteiger partial charge in [-0.3, -0.25) is 19.2 Å². The van der Waals surface area contributed by atoms with Crippen LogP contribution in [0.2, 0.25) is 0 Å². The Morgan fingerprint density at radius 3 is 0.713 bits per heavy atom. The third-order valence-electron chi connectivity index (χ3n) is 20.2. The molecule has 0 heterocycles. The largest absolute Gasteiger partial charge is 0.456 e. The Labute approximate surface area is 627 Å².